The fraction of sp³-hybridized carbons (Fsp3) is 0.350. The number of carbonyl (C=O) groups is 1. The van der Waals surface area contributed by atoms with Crippen LogP contribution in [0.1, 0.15) is 34.0 Å². The highest BCUT2D eigenvalue weighted by atomic mass is 32.2. The second-order valence-electron chi connectivity index (χ2n) is 6.65. The summed E-state index contributed by atoms with van der Waals surface area (Å²) in [5, 5.41) is 0. The Morgan fingerprint density at radius 2 is 1.78 bits per heavy atom. The van der Waals surface area contributed by atoms with Gasteiger partial charge in [0.05, 0.1) is 4.90 Å². The second kappa shape index (κ2) is 8.19. The molecule has 2 aromatic carbocycles. The predicted octanol–water partition coefficient (Wildman–Crippen LogP) is 3.36. The largest absolute Gasteiger partial charge is 0.335 e. The SMILES string of the molecule is CCN(Cc1cccc(F)c1)C(=O)c1cc(C)c(C)c(S(=O)(=O)N(C)C)c1. The number of carbonyl (C=O) groups excluding carboxylic acids is 1. The van der Waals surface area contributed by atoms with Crippen molar-refractivity contribution in [3.05, 3.63) is 64.5 Å². The van der Waals surface area contributed by atoms with Gasteiger partial charge in [0.15, 0.2) is 0 Å². The molecule has 0 radical (unpaired) electrons. The van der Waals surface area contributed by atoms with Crippen LogP contribution in [-0.2, 0) is 16.6 Å². The first-order valence-corrected chi connectivity index (χ1v) is 10.1. The summed E-state index contributed by atoms with van der Waals surface area (Å²) in [6.45, 7) is 6.00. The quantitative estimate of drug-likeness (QED) is 0.757. The first-order valence-electron chi connectivity index (χ1n) is 8.65. The van der Waals surface area contributed by atoms with Crippen LogP contribution in [-0.4, -0.2) is 44.2 Å². The van der Waals surface area contributed by atoms with Crippen LogP contribution in [0.2, 0.25) is 0 Å². The van der Waals surface area contributed by atoms with Crippen LogP contribution >= 0.6 is 0 Å². The molecule has 0 heterocycles. The molecular formula is C20H25FN2O3S. The molecular weight excluding hydrogens is 367 g/mol. The van der Waals surface area contributed by atoms with Crippen LogP contribution in [0.5, 0.6) is 0 Å². The van der Waals surface area contributed by atoms with Crippen LogP contribution in [0.25, 0.3) is 0 Å². The van der Waals surface area contributed by atoms with E-state index in [9.17, 15) is 17.6 Å². The number of nitrogens with zero attached hydrogens (tertiary/aromatic N) is 2. The fourth-order valence-corrected chi connectivity index (χ4v) is 4.00. The molecule has 0 aliphatic carbocycles. The van der Waals surface area contributed by atoms with Crippen LogP contribution in [0, 0.1) is 19.7 Å². The maximum absolute atomic E-state index is 13.4. The highest BCUT2D eigenvalue weighted by Gasteiger charge is 2.24. The van der Waals surface area contributed by atoms with Gasteiger partial charge in [-0.15, -0.1) is 0 Å². The molecule has 0 aliphatic heterocycles. The zero-order valence-corrected chi connectivity index (χ0v) is 17.1. The summed E-state index contributed by atoms with van der Waals surface area (Å²) in [5.74, 6) is -0.651. The Kier molecular flexibility index (Phi) is 6.38. The van der Waals surface area contributed by atoms with Crippen LogP contribution in [0.3, 0.4) is 0 Å². The molecule has 0 aliphatic rings. The van der Waals surface area contributed by atoms with Gasteiger partial charge in [-0.2, -0.15) is 0 Å². The first kappa shape index (κ1) is 21.1. The van der Waals surface area contributed by atoms with E-state index in [-0.39, 0.29) is 23.2 Å². The maximum Gasteiger partial charge on any atom is 0.254 e. The lowest BCUT2D eigenvalue weighted by Gasteiger charge is -2.23. The van der Waals surface area contributed by atoms with Crippen LogP contribution in [0.15, 0.2) is 41.3 Å². The Balaban J connectivity index is 2.44. The van der Waals surface area contributed by atoms with E-state index in [1.54, 1.807) is 36.9 Å². The smallest absolute Gasteiger partial charge is 0.254 e. The summed E-state index contributed by atoms with van der Waals surface area (Å²) in [7, 11) is -0.752. The van der Waals surface area contributed by atoms with Gasteiger partial charge in [-0.05, 0) is 61.7 Å². The van der Waals surface area contributed by atoms with Gasteiger partial charge < -0.3 is 4.90 Å². The average Bonchev–Trinajstić information content (AvgIpc) is 2.61. The Labute approximate surface area is 160 Å². The van der Waals surface area contributed by atoms with E-state index in [4.69, 9.17) is 0 Å². The molecule has 0 aromatic heterocycles. The number of amides is 1. The molecule has 2 aromatic rings. The van der Waals surface area contributed by atoms with Gasteiger partial charge in [0.25, 0.3) is 5.91 Å². The minimum Gasteiger partial charge on any atom is -0.335 e. The summed E-state index contributed by atoms with van der Waals surface area (Å²) >= 11 is 0. The van der Waals surface area contributed by atoms with Gasteiger partial charge in [0.2, 0.25) is 10.0 Å². The Bertz CT molecular complexity index is 956. The second-order valence-corrected chi connectivity index (χ2v) is 8.77. The summed E-state index contributed by atoms with van der Waals surface area (Å²) in [4.78, 5) is 14.7. The number of sulfonamides is 1. The molecule has 146 valence electrons. The van der Waals surface area contributed by atoms with Crippen LogP contribution < -0.4 is 0 Å². The van der Waals surface area contributed by atoms with Crippen molar-refractivity contribution in [3.63, 3.8) is 0 Å². The van der Waals surface area contributed by atoms with Crippen LogP contribution in [0.4, 0.5) is 4.39 Å². The zero-order chi connectivity index (χ0) is 20.4. The molecule has 0 unspecified atom stereocenters. The number of halogens is 1. The van der Waals surface area contributed by atoms with Crippen molar-refractivity contribution >= 4 is 15.9 Å². The standard InChI is InChI=1S/C20H25FN2O3S/c1-6-23(13-16-8-7-9-18(21)11-16)20(24)17-10-14(2)15(3)19(12-17)27(25,26)22(4)5/h7-12H,6,13H2,1-5H3. The third-order valence-electron chi connectivity index (χ3n) is 4.56. The van der Waals surface area contributed by atoms with Crippen molar-refractivity contribution in [2.75, 3.05) is 20.6 Å². The Morgan fingerprint density at radius 1 is 1.11 bits per heavy atom. The molecule has 0 bridgehead atoms. The third-order valence-corrected chi connectivity index (χ3v) is 6.50. The van der Waals surface area contributed by atoms with Gasteiger partial charge in [-0.25, -0.2) is 17.1 Å². The third kappa shape index (κ3) is 4.54. The number of benzene rings is 2. The van der Waals surface area contributed by atoms with Gasteiger partial charge in [-0.1, -0.05) is 12.1 Å². The number of hydrogen-bond acceptors (Lipinski definition) is 3. The van der Waals surface area contributed by atoms with Gasteiger partial charge in [-0.3, -0.25) is 4.79 Å². The lowest BCUT2D eigenvalue weighted by molar-refractivity contribution is 0.0752. The lowest BCUT2D eigenvalue weighted by atomic mass is 10.0. The topological polar surface area (TPSA) is 57.7 Å². The normalized spacial score (nSPS) is 11.7. The molecule has 2 rings (SSSR count). The van der Waals surface area contributed by atoms with Crippen molar-refractivity contribution in [3.8, 4) is 0 Å². The average molecular weight is 392 g/mol. The summed E-state index contributed by atoms with van der Waals surface area (Å²) in [5.41, 5.74) is 2.32. The minimum absolute atomic E-state index is 0.123. The van der Waals surface area contributed by atoms with Crippen molar-refractivity contribution in [2.45, 2.75) is 32.2 Å². The number of hydrogen-bond donors (Lipinski definition) is 0. The van der Waals surface area contributed by atoms with E-state index < -0.39 is 10.0 Å². The zero-order valence-electron chi connectivity index (χ0n) is 16.3. The number of aryl methyl sites for hydroxylation is 1. The Hall–Kier alpha value is -2.25. The van der Waals surface area contributed by atoms with E-state index in [1.807, 2.05) is 6.92 Å². The first-order chi connectivity index (χ1) is 12.6. The molecule has 27 heavy (non-hydrogen) atoms. The summed E-state index contributed by atoms with van der Waals surface area (Å²) in [6, 6.07) is 9.21. The minimum atomic E-state index is -3.67. The molecule has 5 nitrogen and oxygen atoms in total. The molecule has 0 N–H and O–H groups in total. The fourth-order valence-electron chi connectivity index (χ4n) is 2.78. The molecule has 0 atom stereocenters. The van der Waals surface area contributed by atoms with E-state index in [1.165, 1.54) is 32.3 Å². The Morgan fingerprint density at radius 3 is 2.33 bits per heavy atom. The van der Waals surface area contributed by atoms with Gasteiger partial charge in [0, 0.05) is 32.7 Å². The van der Waals surface area contributed by atoms with Crippen molar-refractivity contribution in [1.29, 1.82) is 0 Å². The van der Waals surface area contributed by atoms with E-state index in [0.29, 0.717) is 23.2 Å². The van der Waals surface area contributed by atoms with Gasteiger partial charge in [0.1, 0.15) is 5.82 Å². The highest BCUT2D eigenvalue weighted by Crippen LogP contribution is 2.24. The molecule has 0 spiro atoms. The lowest BCUT2D eigenvalue weighted by Crippen LogP contribution is -2.31. The van der Waals surface area contributed by atoms with Crippen molar-refractivity contribution in [2.24, 2.45) is 0 Å². The van der Waals surface area contributed by atoms with E-state index >= 15 is 0 Å². The molecule has 7 heteroatoms. The summed E-state index contributed by atoms with van der Waals surface area (Å²) in [6.07, 6.45) is 0. The highest BCUT2D eigenvalue weighted by molar-refractivity contribution is 7.89. The molecule has 0 fully saturated rings. The van der Waals surface area contributed by atoms with E-state index in [0.717, 1.165) is 9.87 Å². The van der Waals surface area contributed by atoms with Crippen molar-refractivity contribution < 1.29 is 17.6 Å². The predicted molar refractivity (Wildman–Crippen MR) is 104 cm³/mol. The summed E-state index contributed by atoms with van der Waals surface area (Å²) < 4.78 is 39.8. The maximum atomic E-state index is 13.4. The molecule has 0 saturated heterocycles. The monoisotopic (exact) mass is 392 g/mol. The van der Waals surface area contributed by atoms with Crippen molar-refractivity contribution in [1.82, 2.24) is 9.21 Å². The van der Waals surface area contributed by atoms with Gasteiger partial charge >= 0.3 is 0 Å². The molecule has 1 amide bonds. The number of rotatable bonds is 6. The van der Waals surface area contributed by atoms with E-state index in [2.05, 4.69) is 0 Å². The molecule has 0 saturated carbocycles.